The van der Waals surface area contributed by atoms with Crippen molar-refractivity contribution >= 4 is 50.5 Å². The van der Waals surface area contributed by atoms with Crippen LogP contribution >= 0.6 is 39.7 Å². The molecule has 0 aliphatic heterocycles. The molecule has 0 amide bonds. The zero-order chi connectivity index (χ0) is 15.4. The molecule has 0 spiro atoms. The Bertz CT molecular complexity index is 660. The highest BCUT2D eigenvalue weighted by atomic mass is 79.9. The Morgan fingerprint density at radius 3 is 2.67 bits per heavy atom. The van der Waals surface area contributed by atoms with Crippen LogP contribution < -0.4 is 5.32 Å². The summed E-state index contributed by atoms with van der Waals surface area (Å²) in [7, 11) is 1.96. The molecule has 2 nitrogen and oxygen atoms in total. The first-order valence-corrected chi connectivity index (χ1v) is 8.07. The number of hydrogen-bond acceptors (Lipinski definition) is 1. The molecule has 21 heavy (non-hydrogen) atoms. The molecule has 0 saturated carbocycles. The predicted molar refractivity (Wildman–Crippen MR) is 98.0 cm³/mol. The lowest BCUT2D eigenvalue weighted by molar-refractivity contribution is 0.507. The number of nitrogens with one attached hydrogen (secondary N) is 1. The summed E-state index contributed by atoms with van der Waals surface area (Å²) < 4.78 is 1.08. The van der Waals surface area contributed by atoms with Crippen LogP contribution in [0.1, 0.15) is 11.1 Å². The lowest BCUT2D eigenvalue weighted by Gasteiger charge is -2.22. The van der Waals surface area contributed by atoms with Crippen LogP contribution in [-0.2, 0) is 6.54 Å². The van der Waals surface area contributed by atoms with Crippen molar-refractivity contribution in [3.05, 3.63) is 63.1 Å². The topological polar surface area (TPSA) is 15.3 Å². The van der Waals surface area contributed by atoms with Gasteiger partial charge in [0.15, 0.2) is 5.11 Å². The van der Waals surface area contributed by atoms with Gasteiger partial charge in [0, 0.05) is 28.8 Å². The molecule has 0 bridgehead atoms. The SMILES string of the molecule is Cc1ccc(NC(=S)N(C)Cc2ccccc2Br)cc1Cl. The molecule has 0 aliphatic rings. The monoisotopic (exact) mass is 382 g/mol. The second-order valence-corrected chi connectivity index (χ2v) is 6.49. The van der Waals surface area contributed by atoms with Crippen molar-refractivity contribution in [3.8, 4) is 0 Å². The minimum absolute atomic E-state index is 0.658. The van der Waals surface area contributed by atoms with Crippen molar-refractivity contribution in [2.24, 2.45) is 0 Å². The lowest BCUT2D eigenvalue weighted by Crippen LogP contribution is -2.30. The van der Waals surface area contributed by atoms with Crippen LogP contribution in [0.4, 0.5) is 5.69 Å². The van der Waals surface area contributed by atoms with E-state index in [-0.39, 0.29) is 0 Å². The first-order chi connectivity index (χ1) is 9.97. The van der Waals surface area contributed by atoms with Gasteiger partial charge in [-0.05, 0) is 48.5 Å². The molecule has 0 unspecified atom stereocenters. The molecule has 0 radical (unpaired) electrons. The van der Waals surface area contributed by atoms with Crippen molar-refractivity contribution in [1.82, 2.24) is 4.90 Å². The lowest BCUT2D eigenvalue weighted by atomic mass is 10.2. The predicted octanol–water partition coefficient (Wildman–Crippen LogP) is 5.24. The van der Waals surface area contributed by atoms with Crippen molar-refractivity contribution < 1.29 is 0 Å². The van der Waals surface area contributed by atoms with E-state index in [1.165, 1.54) is 5.56 Å². The fourth-order valence-corrected chi connectivity index (χ4v) is 2.62. The average molecular weight is 384 g/mol. The largest absolute Gasteiger partial charge is 0.348 e. The zero-order valence-corrected chi connectivity index (χ0v) is 15.0. The van der Waals surface area contributed by atoms with Gasteiger partial charge in [-0.1, -0.05) is 51.8 Å². The number of thiocarbonyl (C=S) groups is 1. The highest BCUT2D eigenvalue weighted by molar-refractivity contribution is 9.10. The van der Waals surface area contributed by atoms with E-state index in [1.807, 2.05) is 55.3 Å². The van der Waals surface area contributed by atoms with Crippen LogP contribution in [0.3, 0.4) is 0 Å². The summed E-state index contributed by atoms with van der Waals surface area (Å²) in [5.41, 5.74) is 3.13. The van der Waals surface area contributed by atoms with Gasteiger partial charge in [0.2, 0.25) is 0 Å². The first-order valence-electron chi connectivity index (χ1n) is 6.49. The molecule has 0 aromatic heterocycles. The number of aryl methyl sites for hydroxylation is 1. The van der Waals surface area contributed by atoms with Crippen LogP contribution in [0.25, 0.3) is 0 Å². The van der Waals surface area contributed by atoms with Gasteiger partial charge in [-0.25, -0.2) is 0 Å². The Morgan fingerprint density at radius 1 is 1.29 bits per heavy atom. The van der Waals surface area contributed by atoms with Gasteiger partial charge in [-0.2, -0.15) is 0 Å². The number of nitrogens with zero attached hydrogens (tertiary/aromatic N) is 1. The fraction of sp³-hybridized carbons (Fsp3) is 0.188. The highest BCUT2D eigenvalue weighted by Crippen LogP contribution is 2.21. The van der Waals surface area contributed by atoms with Crippen LogP contribution in [0.5, 0.6) is 0 Å². The van der Waals surface area contributed by atoms with E-state index in [2.05, 4.69) is 27.3 Å². The third kappa shape index (κ3) is 4.43. The summed E-state index contributed by atoms with van der Waals surface area (Å²) in [6.07, 6.45) is 0. The van der Waals surface area contributed by atoms with E-state index in [9.17, 15) is 0 Å². The van der Waals surface area contributed by atoms with Crippen LogP contribution in [0.15, 0.2) is 46.9 Å². The fourth-order valence-electron chi connectivity index (χ4n) is 1.84. The molecule has 0 atom stereocenters. The highest BCUT2D eigenvalue weighted by Gasteiger charge is 2.08. The first kappa shape index (κ1) is 16.3. The van der Waals surface area contributed by atoms with Crippen LogP contribution in [0, 0.1) is 6.92 Å². The molecule has 0 saturated heterocycles. The van der Waals surface area contributed by atoms with Crippen molar-refractivity contribution in [3.63, 3.8) is 0 Å². The molecule has 5 heteroatoms. The van der Waals surface area contributed by atoms with E-state index >= 15 is 0 Å². The summed E-state index contributed by atoms with van der Waals surface area (Å²) in [5, 5.41) is 4.60. The molecule has 110 valence electrons. The molecular formula is C16H16BrClN2S. The molecule has 0 aliphatic carbocycles. The minimum Gasteiger partial charge on any atom is -0.348 e. The van der Waals surface area contributed by atoms with Crippen LogP contribution in [-0.4, -0.2) is 17.1 Å². The second kappa shape index (κ2) is 7.25. The standard InChI is InChI=1S/C16H16BrClN2S/c1-11-7-8-13(9-15(11)18)19-16(21)20(2)10-12-5-3-4-6-14(12)17/h3-9H,10H2,1-2H3,(H,19,21). The van der Waals surface area contributed by atoms with E-state index in [4.69, 9.17) is 23.8 Å². The Kier molecular flexibility index (Phi) is 5.62. The van der Waals surface area contributed by atoms with Crippen molar-refractivity contribution in [1.29, 1.82) is 0 Å². The minimum atomic E-state index is 0.658. The summed E-state index contributed by atoms with van der Waals surface area (Å²) in [5.74, 6) is 0. The van der Waals surface area contributed by atoms with Gasteiger partial charge in [0.1, 0.15) is 0 Å². The van der Waals surface area contributed by atoms with Crippen molar-refractivity contribution in [2.45, 2.75) is 13.5 Å². The Balaban J connectivity index is 2.02. The quantitative estimate of drug-likeness (QED) is 0.730. The van der Waals surface area contributed by atoms with Gasteiger partial charge in [0.25, 0.3) is 0 Å². The van der Waals surface area contributed by atoms with E-state index in [0.717, 1.165) is 27.3 Å². The second-order valence-electron chi connectivity index (χ2n) is 4.84. The molecule has 2 aromatic rings. The van der Waals surface area contributed by atoms with E-state index in [1.54, 1.807) is 0 Å². The van der Waals surface area contributed by atoms with Gasteiger partial charge in [0.05, 0.1) is 0 Å². The maximum absolute atomic E-state index is 6.12. The van der Waals surface area contributed by atoms with Gasteiger partial charge >= 0.3 is 0 Å². The van der Waals surface area contributed by atoms with Crippen LogP contribution in [0.2, 0.25) is 5.02 Å². The Hall–Kier alpha value is -1.10. The third-order valence-electron chi connectivity index (χ3n) is 3.14. The number of anilines is 1. The summed E-state index contributed by atoms with van der Waals surface area (Å²) in [6, 6.07) is 13.9. The van der Waals surface area contributed by atoms with Gasteiger partial charge in [-0.3, -0.25) is 0 Å². The maximum atomic E-state index is 6.12. The Morgan fingerprint density at radius 2 is 2.00 bits per heavy atom. The molecule has 2 aromatic carbocycles. The molecule has 1 N–H and O–H groups in total. The number of halogens is 2. The smallest absolute Gasteiger partial charge is 0.173 e. The zero-order valence-electron chi connectivity index (χ0n) is 11.9. The van der Waals surface area contributed by atoms with Gasteiger partial charge < -0.3 is 10.2 Å². The number of hydrogen-bond donors (Lipinski definition) is 1. The number of benzene rings is 2. The molecular weight excluding hydrogens is 368 g/mol. The summed E-state index contributed by atoms with van der Waals surface area (Å²) in [4.78, 5) is 1.99. The third-order valence-corrected chi connectivity index (χ3v) is 4.73. The summed E-state index contributed by atoms with van der Waals surface area (Å²) >= 11 is 15.1. The van der Waals surface area contributed by atoms with Gasteiger partial charge in [-0.15, -0.1) is 0 Å². The Labute approximate surface area is 144 Å². The normalized spacial score (nSPS) is 10.3. The summed E-state index contributed by atoms with van der Waals surface area (Å²) in [6.45, 7) is 2.70. The van der Waals surface area contributed by atoms with E-state index < -0.39 is 0 Å². The van der Waals surface area contributed by atoms with E-state index in [0.29, 0.717) is 5.11 Å². The maximum Gasteiger partial charge on any atom is 0.173 e. The molecule has 0 fully saturated rings. The molecule has 0 heterocycles. The van der Waals surface area contributed by atoms with Crippen molar-refractivity contribution in [2.75, 3.05) is 12.4 Å². The average Bonchev–Trinajstić information content (AvgIpc) is 2.45. The number of rotatable bonds is 3. The molecule has 2 rings (SSSR count).